The van der Waals surface area contributed by atoms with Gasteiger partial charge in [0.15, 0.2) is 11.6 Å². The second kappa shape index (κ2) is 8.55. The van der Waals surface area contributed by atoms with E-state index in [2.05, 4.69) is 0 Å². The minimum absolute atomic E-state index is 0.124. The topological polar surface area (TPSA) is 32.8 Å². The first-order valence-corrected chi connectivity index (χ1v) is 9.00. The van der Waals surface area contributed by atoms with E-state index < -0.39 is 17.6 Å². The lowest BCUT2D eigenvalue weighted by molar-refractivity contribution is -0.137. The molecule has 29 heavy (non-hydrogen) atoms. The molecule has 154 valence electrons. The smallest absolute Gasteiger partial charge is 0.416 e. The molecule has 1 amide bonds. The molecule has 0 saturated carbocycles. The van der Waals surface area contributed by atoms with E-state index in [1.807, 2.05) is 4.90 Å². The number of alkyl halides is 3. The SMILES string of the molecule is COc1ccc(/C=C/C(=O)N2CCN(c3cccc(C(F)(F)F)c3)CC2)cc1F. The highest BCUT2D eigenvalue weighted by Gasteiger charge is 2.31. The zero-order chi connectivity index (χ0) is 21.0. The van der Waals surface area contributed by atoms with Crippen LogP contribution in [0.4, 0.5) is 23.2 Å². The summed E-state index contributed by atoms with van der Waals surface area (Å²) in [5.41, 5.74) is 0.318. The summed E-state index contributed by atoms with van der Waals surface area (Å²) in [7, 11) is 1.37. The van der Waals surface area contributed by atoms with E-state index in [9.17, 15) is 22.4 Å². The fraction of sp³-hybridized carbons (Fsp3) is 0.286. The van der Waals surface area contributed by atoms with Crippen molar-refractivity contribution < 1.29 is 27.1 Å². The maximum Gasteiger partial charge on any atom is 0.416 e. The number of hydrogen-bond donors (Lipinski definition) is 0. The number of benzene rings is 2. The van der Waals surface area contributed by atoms with Crippen LogP contribution >= 0.6 is 0 Å². The van der Waals surface area contributed by atoms with Crippen molar-refractivity contribution in [2.45, 2.75) is 6.18 Å². The molecule has 2 aromatic carbocycles. The molecule has 4 nitrogen and oxygen atoms in total. The van der Waals surface area contributed by atoms with Gasteiger partial charge in [0, 0.05) is 37.9 Å². The van der Waals surface area contributed by atoms with E-state index >= 15 is 0 Å². The van der Waals surface area contributed by atoms with Gasteiger partial charge in [0.1, 0.15) is 0 Å². The molecule has 2 aromatic rings. The Balaban J connectivity index is 1.59. The van der Waals surface area contributed by atoms with Gasteiger partial charge in [-0.25, -0.2) is 4.39 Å². The van der Waals surface area contributed by atoms with Gasteiger partial charge in [0.2, 0.25) is 5.91 Å². The molecule has 1 aliphatic rings. The number of piperazine rings is 1. The minimum atomic E-state index is -4.39. The zero-order valence-electron chi connectivity index (χ0n) is 15.7. The third-order valence-corrected chi connectivity index (χ3v) is 4.72. The van der Waals surface area contributed by atoms with Crippen LogP contribution in [0.3, 0.4) is 0 Å². The van der Waals surface area contributed by atoms with Crippen LogP contribution < -0.4 is 9.64 Å². The summed E-state index contributed by atoms with van der Waals surface area (Å²) >= 11 is 0. The monoisotopic (exact) mass is 408 g/mol. The van der Waals surface area contributed by atoms with Gasteiger partial charge in [-0.1, -0.05) is 12.1 Å². The lowest BCUT2D eigenvalue weighted by Crippen LogP contribution is -2.48. The van der Waals surface area contributed by atoms with Crippen molar-refractivity contribution in [2.24, 2.45) is 0 Å². The van der Waals surface area contributed by atoms with E-state index in [0.29, 0.717) is 37.4 Å². The standard InChI is InChI=1S/C21H20F4N2O2/c1-29-19-7-5-15(13-18(19)22)6-8-20(28)27-11-9-26(10-12-27)17-4-2-3-16(14-17)21(23,24)25/h2-8,13-14H,9-12H2,1H3/b8-6+. The molecule has 0 unspecified atom stereocenters. The summed E-state index contributed by atoms with van der Waals surface area (Å²) in [5.74, 6) is -0.624. The molecule has 1 fully saturated rings. The van der Waals surface area contributed by atoms with Gasteiger partial charge in [-0.2, -0.15) is 13.2 Å². The van der Waals surface area contributed by atoms with Crippen molar-refractivity contribution in [1.29, 1.82) is 0 Å². The molecule has 0 aliphatic carbocycles. The van der Waals surface area contributed by atoms with Gasteiger partial charge >= 0.3 is 6.18 Å². The molecule has 0 atom stereocenters. The van der Waals surface area contributed by atoms with Crippen LogP contribution in [-0.4, -0.2) is 44.1 Å². The van der Waals surface area contributed by atoms with Crippen LogP contribution in [0.5, 0.6) is 5.75 Å². The number of hydrogen-bond acceptors (Lipinski definition) is 3. The molecular formula is C21H20F4N2O2. The Hall–Kier alpha value is -3.03. The average molecular weight is 408 g/mol. The summed E-state index contributed by atoms with van der Waals surface area (Å²) in [6, 6.07) is 9.56. The molecule has 1 aliphatic heterocycles. The molecule has 0 spiro atoms. The van der Waals surface area contributed by atoms with E-state index in [1.165, 1.54) is 37.5 Å². The lowest BCUT2D eigenvalue weighted by atomic mass is 10.1. The largest absolute Gasteiger partial charge is 0.494 e. The number of ether oxygens (including phenoxy) is 1. The maximum absolute atomic E-state index is 13.7. The number of nitrogens with zero attached hydrogens (tertiary/aromatic N) is 2. The predicted octanol–water partition coefficient (Wildman–Crippen LogP) is 4.22. The Morgan fingerprint density at radius 2 is 1.79 bits per heavy atom. The summed E-state index contributed by atoms with van der Waals surface area (Å²) in [6.07, 6.45) is -1.51. The normalized spacial score (nSPS) is 15.1. The predicted molar refractivity (Wildman–Crippen MR) is 102 cm³/mol. The molecule has 1 heterocycles. The van der Waals surface area contributed by atoms with Gasteiger partial charge in [0.25, 0.3) is 0 Å². The number of halogens is 4. The molecule has 0 bridgehead atoms. The summed E-state index contributed by atoms with van der Waals surface area (Å²) < 4.78 is 57.2. The van der Waals surface area contributed by atoms with Gasteiger partial charge in [-0.05, 0) is 42.0 Å². The van der Waals surface area contributed by atoms with Crippen LogP contribution in [0.1, 0.15) is 11.1 Å². The van der Waals surface area contributed by atoms with Crippen molar-refractivity contribution >= 4 is 17.7 Å². The molecule has 0 aromatic heterocycles. The lowest BCUT2D eigenvalue weighted by Gasteiger charge is -2.35. The third-order valence-electron chi connectivity index (χ3n) is 4.72. The first kappa shape index (κ1) is 20.7. The Kier molecular flexibility index (Phi) is 6.10. The highest BCUT2D eigenvalue weighted by atomic mass is 19.4. The summed E-state index contributed by atoms with van der Waals surface area (Å²) in [4.78, 5) is 15.8. The number of carbonyl (C=O) groups is 1. The summed E-state index contributed by atoms with van der Waals surface area (Å²) in [6.45, 7) is 1.63. The Bertz CT molecular complexity index is 904. The van der Waals surface area contributed by atoms with Crippen molar-refractivity contribution in [1.82, 2.24) is 4.90 Å². The van der Waals surface area contributed by atoms with Gasteiger partial charge in [0.05, 0.1) is 12.7 Å². The van der Waals surface area contributed by atoms with Crippen molar-refractivity contribution in [3.8, 4) is 5.75 Å². The van der Waals surface area contributed by atoms with Crippen molar-refractivity contribution in [3.05, 3.63) is 65.5 Å². The number of carbonyl (C=O) groups excluding carboxylic acids is 1. The Morgan fingerprint density at radius 3 is 2.41 bits per heavy atom. The van der Waals surface area contributed by atoms with E-state index in [1.54, 1.807) is 17.0 Å². The zero-order valence-corrected chi connectivity index (χ0v) is 15.7. The maximum atomic E-state index is 13.7. The second-order valence-corrected chi connectivity index (χ2v) is 6.59. The molecule has 3 rings (SSSR count). The molecule has 8 heteroatoms. The van der Waals surface area contributed by atoms with Crippen molar-refractivity contribution in [2.75, 3.05) is 38.2 Å². The second-order valence-electron chi connectivity index (χ2n) is 6.59. The van der Waals surface area contributed by atoms with E-state index in [4.69, 9.17) is 4.74 Å². The fourth-order valence-electron chi connectivity index (χ4n) is 3.12. The van der Waals surface area contributed by atoms with Crippen LogP contribution in [0.15, 0.2) is 48.5 Å². The number of methoxy groups -OCH3 is 1. The van der Waals surface area contributed by atoms with Gasteiger partial charge in [-0.15, -0.1) is 0 Å². The van der Waals surface area contributed by atoms with Gasteiger partial charge in [-0.3, -0.25) is 4.79 Å². The molecule has 0 radical (unpaired) electrons. The molecule has 0 N–H and O–H groups in total. The quantitative estimate of drug-likeness (QED) is 0.561. The van der Waals surface area contributed by atoms with Crippen molar-refractivity contribution in [3.63, 3.8) is 0 Å². The Morgan fingerprint density at radius 1 is 1.07 bits per heavy atom. The van der Waals surface area contributed by atoms with Gasteiger partial charge < -0.3 is 14.5 Å². The minimum Gasteiger partial charge on any atom is -0.494 e. The van der Waals surface area contributed by atoms with E-state index in [0.717, 1.165) is 12.1 Å². The van der Waals surface area contributed by atoms with Crippen LogP contribution in [-0.2, 0) is 11.0 Å². The Labute approximate surface area is 166 Å². The highest BCUT2D eigenvalue weighted by molar-refractivity contribution is 5.92. The number of rotatable bonds is 4. The van der Waals surface area contributed by atoms with Crippen LogP contribution in [0.2, 0.25) is 0 Å². The number of anilines is 1. The van der Waals surface area contributed by atoms with E-state index in [-0.39, 0.29) is 11.7 Å². The first-order valence-electron chi connectivity index (χ1n) is 9.00. The molecular weight excluding hydrogens is 388 g/mol. The highest BCUT2D eigenvalue weighted by Crippen LogP contribution is 2.31. The van der Waals surface area contributed by atoms with Crippen LogP contribution in [0.25, 0.3) is 6.08 Å². The average Bonchev–Trinajstić information content (AvgIpc) is 2.71. The van der Waals surface area contributed by atoms with Crippen LogP contribution in [0, 0.1) is 5.82 Å². The summed E-state index contributed by atoms with van der Waals surface area (Å²) in [5, 5.41) is 0. The molecule has 1 saturated heterocycles. The number of amides is 1. The first-order chi connectivity index (χ1) is 13.8. The third kappa shape index (κ3) is 5.07. The fourth-order valence-corrected chi connectivity index (χ4v) is 3.12.